The molecule has 3 rings (SSSR count). The first-order valence-electron chi connectivity index (χ1n) is 6.64. The van der Waals surface area contributed by atoms with E-state index in [1.807, 2.05) is 0 Å². The molecule has 0 bridgehead atoms. The zero-order valence-electron chi connectivity index (χ0n) is 11.6. The van der Waals surface area contributed by atoms with Crippen molar-refractivity contribution in [1.82, 2.24) is 19.5 Å². The van der Waals surface area contributed by atoms with Crippen molar-refractivity contribution in [3.63, 3.8) is 0 Å². The van der Waals surface area contributed by atoms with Gasteiger partial charge in [-0.3, -0.25) is 4.57 Å². The Kier molecular flexibility index (Phi) is 3.81. The minimum absolute atomic E-state index is 0.0125. The number of anilines is 1. The van der Waals surface area contributed by atoms with Gasteiger partial charge in [-0.05, 0) is 0 Å². The Bertz CT molecular complexity index is 725. The normalized spacial score (nSPS) is 24.5. The number of imidazole rings is 1. The highest BCUT2D eigenvalue weighted by atomic mass is 16.5. The number of rotatable bonds is 4. The highest BCUT2D eigenvalue weighted by Crippen LogP contribution is 2.32. The summed E-state index contributed by atoms with van der Waals surface area (Å²) in [4.78, 5) is 12.3. The summed E-state index contributed by atoms with van der Waals surface area (Å²) in [5.41, 5.74) is 6.49. The van der Waals surface area contributed by atoms with Crippen molar-refractivity contribution in [3.8, 4) is 18.2 Å². The van der Waals surface area contributed by atoms with Crippen molar-refractivity contribution >= 4 is 17.1 Å². The number of aliphatic hydroxyl groups is 2. The lowest BCUT2D eigenvalue weighted by Crippen LogP contribution is -2.24. The van der Waals surface area contributed by atoms with Crippen molar-refractivity contribution in [2.24, 2.45) is 0 Å². The lowest BCUT2D eigenvalue weighted by atomic mass is 10.2. The fraction of sp³-hybridized carbons (Fsp3) is 0.462. The van der Waals surface area contributed by atoms with Crippen LogP contribution in [0.5, 0.6) is 5.88 Å². The van der Waals surface area contributed by atoms with Gasteiger partial charge in [-0.1, -0.05) is 5.92 Å². The van der Waals surface area contributed by atoms with Crippen LogP contribution in [0.1, 0.15) is 12.6 Å². The zero-order chi connectivity index (χ0) is 15.7. The third-order valence-electron chi connectivity index (χ3n) is 3.39. The molecule has 0 amide bonds. The van der Waals surface area contributed by atoms with E-state index in [9.17, 15) is 5.11 Å². The fourth-order valence-electron chi connectivity index (χ4n) is 2.38. The maximum atomic E-state index is 9.83. The quantitative estimate of drug-likeness (QED) is 0.617. The first kappa shape index (κ1) is 14.5. The summed E-state index contributed by atoms with van der Waals surface area (Å²) in [6.07, 6.45) is 5.06. The molecule has 1 fully saturated rings. The molecule has 1 aliphatic heterocycles. The molecule has 2 aromatic heterocycles. The molecule has 2 aromatic rings. The summed E-state index contributed by atoms with van der Waals surface area (Å²) < 4.78 is 12.5. The van der Waals surface area contributed by atoms with Gasteiger partial charge in [0.15, 0.2) is 17.8 Å². The first-order valence-corrected chi connectivity index (χ1v) is 6.64. The number of aromatic nitrogens is 4. The Labute approximate surface area is 125 Å². The molecule has 2 unspecified atom stereocenters. The Morgan fingerprint density at radius 1 is 1.55 bits per heavy atom. The first-order chi connectivity index (χ1) is 10.6. The summed E-state index contributed by atoms with van der Waals surface area (Å²) in [5.74, 6) is 2.54. The van der Waals surface area contributed by atoms with Crippen LogP contribution < -0.4 is 10.5 Å². The molecule has 116 valence electrons. The third-order valence-corrected chi connectivity index (χ3v) is 3.39. The molecule has 1 saturated heterocycles. The van der Waals surface area contributed by atoms with E-state index in [1.165, 1.54) is 6.33 Å². The second kappa shape index (κ2) is 5.76. The van der Waals surface area contributed by atoms with Gasteiger partial charge in [-0.2, -0.15) is 9.97 Å². The average Bonchev–Trinajstić information content (AvgIpc) is 3.07. The van der Waals surface area contributed by atoms with Crippen LogP contribution in [-0.2, 0) is 4.74 Å². The maximum absolute atomic E-state index is 9.83. The minimum Gasteiger partial charge on any atom is -0.463 e. The smallest absolute Gasteiger partial charge is 0.248 e. The lowest BCUT2D eigenvalue weighted by Gasteiger charge is -2.13. The maximum Gasteiger partial charge on any atom is 0.248 e. The molecule has 0 radical (unpaired) electrons. The van der Waals surface area contributed by atoms with Crippen LogP contribution >= 0.6 is 0 Å². The van der Waals surface area contributed by atoms with Gasteiger partial charge in [-0.25, -0.2) is 4.98 Å². The molecule has 3 heterocycles. The minimum atomic E-state index is -0.760. The van der Waals surface area contributed by atoms with Crippen LogP contribution in [0.3, 0.4) is 0 Å². The Morgan fingerprint density at radius 3 is 3.05 bits per heavy atom. The standard InChI is InChI=1S/C13H15N5O4/c1-2-3-21-12-10-11(16-13(14)17-12)18(6-15-10)9-4-7(20)8(5-19)22-9/h1,6-9,19-20H,3-5H2,(H2,14,16,17)/t7-,8?,9?/m1/s1. The van der Waals surface area contributed by atoms with Gasteiger partial charge in [0.1, 0.15) is 12.3 Å². The number of hydrogen-bond donors (Lipinski definition) is 3. The van der Waals surface area contributed by atoms with Crippen LogP contribution in [0.25, 0.3) is 11.2 Å². The van der Waals surface area contributed by atoms with E-state index in [4.69, 9.17) is 26.7 Å². The molecule has 1 aliphatic rings. The number of nitrogens with two attached hydrogens (primary N) is 1. The monoisotopic (exact) mass is 305 g/mol. The molecule has 0 saturated carbocycles. The van der Waals surface area contributed by atoms with Crippen molar-refractivity contribution in [3.05, 3.63) is 6.33 Å². The Hall–Kier alpha value is -2.41. The number of nitrogens with zero attached hydrogens (tertiary/aromatic N) is 4. The van der Waals surface area contributed by atoms with Crippen molar-refractivity contribution in [2.45, 2.75) is 24.9 Å². The van der Waals surface area contributed by atoms with Gasteiger partial charge >= 0.3 is 0 Å². The van der Waals surface area contributed by atoms with Gasteiger partial charge in [0.25, 0.3) is 0 Å². The number of ether oxygens (including phenoxy) is 2. The van der Waals surface area contributed by atoms with E-state index < -0.39 is 18.4 Å². The molecule has 9 nitrogen and oxygen atoms in total. The highest BCUT2D eigenvalue weighted by Gasteiger charge is 2.35. The van der Waals surface area contributed by atoms with Gasteiger partial charge < -0.3 is 25.4 Å². The highest BCUT2D eigenvalue weighted by molar-refractivity contribution is 5.77. The van der Waals surface area contributed by atoms with E-state index in [-0.39, 0.29) is 25.0 Å². The summed E-state index contributed by atoms with van der Waals surface area (Å²) in [7, 11) is 0. The summed E-state index contributed by atoms with van der Waals surface area (Å²) in [5, 5.41) is 19.0. The molecule has 22 heavy (non-hydrogen) atoms. The number of hydrogen-bond acceptors (Lipinski definition) is 8. The van der Waals surface area contributed by atoms with Gasteiger partial charge in [-0.15, -0.1) is 6.42 Å². The van der Waals surface area contributed by atoms with E-state index >= 15 is 0 Å². The molecular formula is C13H15N5O4. The SMILES string of the molecule is C#CCOc1nc(N)nc2c1ncn2C1C[C@@H](O)C(CO)O1. The molecule has 4 N–H and O–H groups in total. The topological polar surface area (TPSA) is 129 Å². The van der Waals surface area contributed by atoms with Crippen molar-refractivity contribution in [1.29, 1.82) is 0 Å². The fourth-order valence-corrected chi connectivity index (χ4v) is 2.38. The molecule has 0 spiro atoms. The van der Waals surface area contributed by atoms with E-state index in [0.717, 1.165) is 0 Å². The summed E-state index contributed by atoms with van der Waals surface area (Å²) in [6.45, 7) is -0.235. The second-order valence-corrected chi connectivity index (χ2v) is 4.82. The number of terminal acetylenes is 1. The van der Waals surface area contributed by atoms with Crippen molar-refractivity contribution < 1.29 is 19.7 Å². The summed E-state index contributed by atoms with van der Waals surface area (Å²) in [6, 6.07) is 0. The predicted molar refractivity (Wildman–Crippen MR) is 75.7 cm³/mol. The van der Waals surface area contributed by atoms with E-state index in [0.29, 0.717) is 17.6 Å². The van der Waals surface area contributed by atoms with Crippen LogP contribution in [0.4, 0.5) is 5.95 Å². The molecule has 0 aromatic carbocycles. The largest absolute Gasteiger partial charge is 0.463 e. The lowest BCUT2D eigenvalue weighted by molar-refractivity contribution is -0.0432. The molecule has 9 heteroatoms. The third kappa shape index (κ3) is 2.43. The Balaban J connectivity index is 1.99. The van der Waals surface area contributed by atoms with Gasteiger partial charge in [0.05, 0.1) is 19.0 Å². The van der Waals surface area contributed by atoms with Crippen molar-refractivity contribution in [2.75, 3.05) is 18.9 Å². The van der Waals surface area contributed by atoms with E-state index in [1.54, 1.807) is 4.57 Å². The average molecular weight is 305 g/mol. The number of nitrogen functional groups attached to an aromatic ring is 1. The predicted octanol–water partition coefficient (Wildman–Crippen LogP) is -0.939. The number of aliphatic hydroxyl groups excluding tert-OH is 2. The molecule has 3 atom stereocenters. The van der Waals surface area contributed by atoms with E-state index in [2.05, 4.69) is 20.9 Å². The Morgan fingerprint density at radius 2 is 2.36 bits per heavy atom. The zero-order valence-corrected chi connectivity index (χ0v) is 11.6. The van der Waals surface area contributed by atoms with Crippen LogP contribution in [0, 0.1) is 12.3 Å². The van der Waals surface area contributed by atoms with Gasteiger partial charge in [0.2, 0.25) is 11.8 Å². The van der Waals surface area contributed by atoms with Crippen LogP contribution in [-0.4, -0.2) is 55.2 Å². The molecule has 0 aliphatic carbocycles. The number of fused-ring (bicyclic) bond motifs is 1. The van der Waals surface area contributed by atoms with Gasteiger partial charge in [0, 0.05) is 6.42 Å². The molecular weight excluding hydrogens is 290 g/mol. The van der Waals surface area contributed by atoms with Crippen LogP contribution in [0.15, 0.2) is 6.33 Å². The second-order valence-electron chi connectivity index (χ2n) is 4.82. The summed E-state index contributed by atoms with van der Waals surface area (Å²) >= 11 is 0. The van der Waals surface area contributed by atoms with Crippen LogP contribution in [0.2, 0.25) is 0 Å².